The average molecular weight is 279 g/mol. The summed E-state index contributed by atoms with van der Waals surface area (Å²) in [5, 5.41) is 0. The normalized spacial score (nSPS) is 21.1. The molecule has 0 aliphatic carbocycles. The van der Waals surface area contributed by atoms with Gasteiger partial charge < -0.3 is 0 Å². The van der Waals surface area contributed by atoms with Gasteiger partial charge in [-0.2, -0.15) is 13.2 Å². The van der Waals surface area contributed by atoms with Crippen molar-refractivity contribution in [1.29, 1.82) is 0 Å². The smallest absolute Gasteiger partial charge is 0.298 e. The number of likely N-dealkylation sites (tertiary alicyclic amines) is 1. The molecule has 0 radical (unpaired) electrons. The second kappa shape index (κ2) is 6.73. The molecule has 2 nitrogen and oxygen atoms in total. The van der Waals surface area contributed by atoms with Crippen LogP contribution < -0.4 is 0 Å². The maximum absolute atomic E-state index is 12.3. The quantitative estimate of drug-likeness (QED) is 0.734. The third-order valence-electron chi connectivity index (χ3n) is 4.21. The Morgan fingerprint density at radius 2 is 1.74 bits per heavy atom. The average Bonchev–Trinajstić information content (AvgIpc) is 2.37. The molecule has 1 aliphatic rings. The molecule has 0 aromatic carbocycles. The van der Waals surface area contributed by atoms with Crippen LogP contribution in [0, 0.1) is 0 Å². The van der Waals surface area contributed by atoms with Crippen molar-refractivity contribution >= 4 is 5.78 Å². The molecule has 0 N–H and O–H groups in total. The third kappa shape index (κ3) is 4.79. The van der Waals surface area contributed by atoms with Gasteiger partial charge in [0.05, 0.1) is 5.54 Å². The van der Waals surface area contributed by atoms with Crippen molar-refractivity contribution in [3.8, 4) is 0 Å². The fourth-order valence-electron chi connectivity index (χ4n) is 2.70. The second-order valence-corrected chi connectivity index (χ2v) is 5.57. The minimum Gasteiger partial charge on any atom is -0.298 e. The van der Waals surface area contributed by atoms with E-state index < -0.39 is 18.1 Å². The number of hydrogen-bond donors (Lipinski definition) is 0. The standard InChI is InChI=1S/C14H24F3NO/c1-3-13(2,18-10-5-4-6-11-18)12(19)8-7-9-14(15,16)17/h3-11H2,1-2H3. The molecule has 1 rings (SSSR count). The Labute approximate surface area is 113 Å². The van der Waals surface area contributed by atoms with Gasteiger partial charge in [-0.05, 0) is 45.7 Å². The molecule has 1 unspecified atom stereocenters. The lowest BCUT2D eigenvalue weighted by Crippen LogP contribution is -2.53. The lowest BCUT2D eigenvalue weighted by atomic mass is 9.86. The topological polar surface area (TPSA) is 20.3 Å². The predicted molar refractivity (Wildman–Crippen MR) is 69.0 cm³/mol. The highest BCUT2D eigenvalue weighted by Gasteiger charge is 2.38. The second-order valence-electron chi connectivity index (χ2n) is 5.57. The van der Waals surface area contributed by atoms with E-state index >= 15 is 0 Å². The van der Waals surface area contributed by atoms with E-state index in [-0.39, 0.29) is 18.6 Å². The maximum atomic E-state index is 12.3. The first-order chi connectivity index (χ1) is 8.79. The molecule has 0 aromatic heterocycles. The van der Waals surface area contributed by atoms with Gasteiger partial charge in [0.2, 0.25) is 0 Å². The predicted octanol–water partition coefficient (Wildman–Crippen LogP) is 3.94. The lowest BCUT2D eigenvalue weighted by molar-refractivity contribution is -0.140. The molecule has 0 spiro atoms. The number of rotatable bonds is 6. The molecule has 1 saturated heterocycles. The highest BCUT2D eigenvalue weighted by atomic mass is 19.4. The molecule has 0 aromatic rings. The number of piperidine rings is 1. The van der Waals surface area contributed by atoms with Crippen molar-refractivity contribution in [3.05, 3.63) is 0 Å². The fraction of sp³-hybridized carbons (Fsp3) is 0.929. The molecular formula is C14H24F3NO. The number of ketones is 1. The van der Waals surface area contributed by atoms with Gasteiger partial charge in [-0.15, -0.1) is 0 Å². The van der Waals surface area contributed by atoms with Gasteiger partial charge in [-0.25, -0.2) is 0 Å². The molecule has 19 heavy (non-hydrogen) atoms. The number of Topliss-reactive ketones (excluding diaryl/α,β-unsaturated/α-hetero) is 1. The summed E-state index contributed by atoms with van der Waals surface area (Å²) in [4.78, 5) is 14.4. The highest BCUT2D eigenvalue weighted by molar-refractivity contribution is 5.87. The first-order valence-corrected chi connectivity index (χ1v) is 7.14. The van der Waals surface area contributed by atoms with Gasteiger partial charge in [0.15, 0.2) is 5.78 Å². The summed E-state index contributed by atoms with van der Waals surface area (Å²) in [6, 6.07) is 0. The van der Waals surface area contributed by atoms with Crippen LogP contribution in [0.4, 0.5) is 13.2 Å². The molecule has 1 aliphatic heterocycles. The zero-order valence-corrected chi connectivity index (χ0v) is 11.9. The zero-order chi connectivity index (χ0) is 14.5. The molecule has 0 bridgehead atoms. The zero-order valence-electron chi connectivity index (χ0n) is 11.9. The van der Waals surface area contributed by atoms with Crippen LogP contribution >= 0.6 is 0 Å². The van der Waals surface area contributed by atoms with Crippen LogP contribution in [0.5, 0.6) is 0 Å². The van der Waals surface area contributed by atoms with Gasteiger partial charge in [0, 0.05) is 12.8 Å². The molecule has 1 atom stereocenters. The van der Waals surface area contributed by atoms with Crippen molar-refractivity contribution in [1.82, 2.24) is 4.90 Å². The molecular weight excluding hydrogens is 255 g/mol. The Bertz CT molecular complexity index is 298. The summed E-state index contributed by atoms with van der Waals surface area (Å²) in [6.45, 7) is 5.59. The van der Waals surface area contributed by atoms with E-state index in [4.69, 9.17) is 0 Å². The first-order valence-electron chi connectivity index (χ1n) is 7.14. The number of carbonyl (C=O) groups is 1. The van der Waals surface area contributed by atoms with Crippen LogP contribution in [0.3, 0.4) is 0 Å². The summed E-state index contributed by atoms with van der Waals surface area (Å²) >= 11 is 0. The lowest BCUT2D eigenvalue weighted by Gasteiger charge is -2.42. The van der Waals surface area contributed by atoms with Crippen LogP contribution in [-0.4, -0.2) is 35.5 Å². The summed E-state index contributed by atoms with van der Waals surface area (Å²) in [7, 11) is 0. The van der Waals surface area contributed by atoms with E-state index in [1.165, 1.54) is 6.42 Å². The first kappa shape index (κ1) is 16.5. The number of nitrogens with zero attached hydrogens (tertiary/aromatic N) is 1. The summed E-state index contributed by atoms with van der Waals surface area (Å²) in [6.07, 6.45) is -1.09. The van der Waals surface area contributed by atoms with Crippen LogP contribution in [0.1, 0.15) is 58.8 Å². The summed E-state index contributed by atoms with van der Waals surface area (Å²) in [5.41, 5.74) is -0.577. The van der Waals surface area contributed by atoms with Crippen LogP contribution in [0.2, 0.25) is 0 Å². The van der Waals surface area contributed by atoms with E-state index in [0.717, 1.165) is 25.9 Å². The van der Waals surface area contributed by atoms with Crippen molar-refractivity contribution < 1.29 is 18.0 Å². The van der Waals surface area contributed by atoms with Crippen molar-refractivity contribution in [3.63, 3.8) is 0 Å². The minimum atomic E-state index is -4.16. The third-order valence-corrected chi connectivity index (χ3v) is 4.21. The van der Waals surface area contributed by atoms with Gasteiger partial charge >= 0.3 is 6.18 Å². The van der Waals surface area contributed by atoms with Gasteiger partial charge in [-0.1, -0.05) is 13.3 Å². The van der Waals surface area contributed by atoms with E-state index in [9.17, 15) is 18.0 Å². The monoisotopic (exact) mass is 279 g/mol. The highest BCUT2D eigenvalue weighted by Crippen LogP contribution is 2.28. The number of halogens is 3. The van der Waals surface area contributed by atoms with E-state index in [1.54, 1.807) is 0 Å². The Kier molecular flexibility index (Phi) is 5.83. The summed E-state index contributed by atoms with van der Waals surface area (Å²) < 4.78 is 36.4. The largest absolute Gasteiger partial charge is 0.389 e. The molecule has 0 amide bonds. The van der Waals surface area contributed by atoms with E-state index in [2.05, 4.69) is 4.90 Å². The van der Waals surface area contributed by atoms with Crippen LogP contribution in [0.15, 0.2) is 0 Å². The minimum absolute atomic E-state index is 0.0281. The Morgan fingerprint density at radius 1 is 1.16 bits per heavy atom. The van der Waals surface area contributed by atoms with Gasteiger partial charge in [-0.3, -0.25) is 9.69 Å². The maximum Gasteiger partial charge on any atom is 0.389 e. The number of hydrogen-bond acceptors (Lipinski definition) is 2. The van der Waals surface area contributed by atoms with Gasteiger partial charge in [0.1, 0.15) is 0 Å². The van der Waals surface area contributed by atoms with E-state index in [1.807, 2.05) is 13.8 Å². The van der Waals surface area contributed by atoms with Crippen molar-refractivity contribution in [2.75, 3.05) is 13.1 Å². The SMILES string of the molecule is CCC(C)(C(=O)CCCC(F)(F)F)N1CCCCC1. The number of alkyl halides is 3. The Balaban J connectivity index is 2.54. The molecule has 1 heterocycles. The van der Waals surface area contributed by atoms with Gasteiger partial charge in [0.25, 0.3) is 0 Å². The van der Waals surface area contributed by atoms with Crippen LogP contribution in [-0.2, 0) is 4.79 Å². The summed E-state index contributed by atoms with van der Waals surface area (Å²) in [5.74, 6) is -0.0406. The molecule has 0 saturated carbocycles. The Hall–Kier alpha value is -0.580. The molecule has 5 heteroatoms. The Morgan fingerprint density at radius 3 is 2.21 bits per heavy atom. The van der Waals surface area contributed by atoms with Crippen LogP contribution in [0.25, 0.3) is 0 Å². The molecule has 1 fully saturated rings. The van der Waals surface area contributed by atoms with Crippen molar-refractivity contribution in [2.24, 2.45) is 0 Å². The fourth-order valence-corrected chi connectivity index (χ4v) is 2.70. The number of carbonyl (C=O) groups excluding carboxylic acids is 1. The van der Waals surface area contributed by atoms with E-state index in [0.29, 0.717) is 6.42 Å². The van der Waals surface area contributed by atoms with Crippen molar-refractivity contribution in [2.45, 2.75) is 70.5 Å². The molecule has 112 valence electrons.